The highest BCUT2D eigenvalue weighted by atomic mass is 32.2. The van der Waals surface area contributed by atoms with Crippen molar-refractivity contribution >= 4 is 21.7 Å². The van der Waals surface area contributed by atoms with Crippen LogP contribution in [0.4, 0.5) is 10.1 Å². The molecule has 0 bridgehead atoms. The molecule has 122 valence electrons. The van der Waals surface area contributed by atoms with E-state index in [-0.39, 0.29) is 28.5 Å². The van der Waals surface area contributed by atoms with Gasteiger partial charge in [0.1, 0.15) is 5.82 Å². The number of carbonyl (C=O) groups excluding carboxylic acids is 1. The number of anilines is 1. The maximum Gasteiger partial charge on any atom is 0.308 e. The third kappa shape index (κ3) is 3.75. The molecular formula is C14H19FN2O4S. The van der Waals surface area contributed by atoms with Gasteiger partial charge in [0.05, 0.1) is 23.6 Å². The first kappa shape index (κ1) is 16.7. The van der Waals surface area contributed by atoms with Crippen LogP contribution in [0.25, 0.3) is 0 Å². The topological polar surface area (TPSA) is 98.5 Å². The van der Waals surface area contributed by atoms with E-state index in [0.717, 1.165) is 6.07 Å². The number of esters is 1. The van der Waals surface area contributed by atoms with Gasteiger partial charge < -0.3 is 10.5 Å². The summed E-state index contributed by atoms with van der Waals surface area (Å²) in [5, 5.41) is 0. The lowest BCUT2D eigenvalue weighted by Crippen LogP contribution is -2.38. The number of nitrogens with two attached hydrogens (primary N) is 1. The van der Waals surface area contributed by atoms with Crippen LogP contribution in [-0.2, 0) is 19.6 Å². The molecule has 0 aromatic heterocycles. The maximum atomic E-state index is 13.4. The highest BCUT2D eigenvalue weighted by molar-refractivity contribution is 7.89. The number of methoxy groups -OCH3 is 1. The van der Waals surface area contributed by atoms with Crippen LogP contribution in [0, 0.1) is 11.7 Å². The lowest BCUT2D eigenvalue weighted by atomic mass is 9.86. The normalized spacial score (nSPS) is 22.3. The molecule has 1 aliphatic carbocycles. The number of hydrogen-bond acceptors (Lipinski definition) is 5. The van der Waals surface area contributed by atoms with Gasteiger partial charge in [-0.1, -0.05) is 0 Å². The molecule has 0 saturated heterocycles. The number of sulfonamides is 1. The number of nitrogens with one attached hydrogen (secondary N) is 1. The molecule has 1 aromatic carbocycles. The molecule has 0 amide bonds. The molecule has 2 rings (SSSR count). The number of benzene rings is 1. The second-order valence-electron chi connectivity index (χ2n) is 5.38. The van der Waals surface area contributed by atoms with Crippen molar-refractivity contribution in [3.8, 4) is 0 Å². The van der Waals surface area contributed by atoms with Crippen LogP contribution in [0.3, 0.4) is 0 Å². The highest BCUT2D eigenvalue weighted by Gasteiger charge is 2.29. The molecule has 1 aliphatic rings. The fourth-order valence-electron chi connectivity index (χ4n) is 2.58. The summed E-state index contributed by atoms with van der Waals surface area (Å²) in [5.74, 6) is -1.21. The third-order valence-electron chi connectivity index (χ3n) is 3.87. The smallest absolute Gasteiger partial charge is 0.308 e. The molecular weight excluding hydrogens is 311 g/mol. The zero-order valence-corrected chi connectivity index (χ0v) is 13.0. The first-order chi connectivity index (χ1) is 10.3. The van der Waals surface area contributed by atoms with Crippen molar-refractivity contribution in [3.05, 3.63) is 24.0 Å². The Balaban J connectivity index is 2.01. The number of nitrogen functional groups attached to an aromatic ring is 1. The number of rotatable bonds is 4. The van der Waals surface area contributed by atoms with Gasteiger partial charge in [0, 0.05) is 6.04 Å². The fraction of sp³-hybridized carbons (Fsp3) is 0.500. The van der Waals surface area contributed by atoms with Crippen molar-refractivity contribution in [2.75, 3.05) is 12.8 Å². The predicted octanol–water partition coefficient (Wildman–Crippen LogP) is 1.42. The largest absolute Gasteiger partial charge is 0.469 e. The number of ether oxygens (including phenoxy) is 1. The maximum absolute atomic E-state index is 13.4. The van der Waals surface area contributed by atoms with E-state index in [0.29, 0.717) is 25.7 Å². The summed E-state index contributed by atoms with van der Waals surface area (Å²) >= 11 is 0. The summed E-state index contributed by atoms with van der Waals surface area (Å²) < 4.78 is 45.1. The van der Waals surface area contributed by atoms with Gasteiger partial charge in [-0.15, -0.1) is 0 Å². The van der Waals surface area contributed by atoms with E-state index >= 15 is 0 Å². The first-order valence-corrected chi connectivity index (χ1v) is 8.47. The Morgan fingerprint density at radius 2 is 1.95 bits per heavy atom. The summed E-state index contributed by atoms with van der Waals surface area (Å²) in [4.78, 5) is 11.3. The average Bonchev–Trinajstić information content (AvgIpc) is 2.49. The van der Waals surface area contributed by atoms with Crippen LogP contribution in [0.5, 0.6) is 0 Å². The Labute approximate surface area is 128 Å². The van der Waals surface area contributed by atoms with E-state index in [2.05, 4.69) is 9.46 Å². The molecule has 0 unspecified atom stereocenters. The van der Waals surface area contributed by atoms with Gasteiger partial charge in [-0.2, -0.15) is 0 Å². The summed E-state index contributed by atoms with van der Waals surface area (Å²) in [6, 6.07) is 3.11. The lowest BCUT2D eigenvalue weighted by molar-refractivity contribution is -0.146. The Morgan fingerprint density at radius 3 is 2.50 bits per heavy atom. The van der Waals surface area contributed by atoms with Gasteiger partial charge in [0.2, 0.25) is 10.0 Å². The summed E-state index contributed by atoms with van der Waals surface area (Å²) in [5.41, 5.74) is 5.24. The van der Waals surface area contributed by atoms with E-state index in [1.54, 1.807) is 0 Å². The SMILES string of the molecule is COC(=O)C1CCC(NS(=O)(=O)c2ccc(N)c(F)c2)CC1. The Bertz CT molecular complexity index is 655. The molecule has 6 nitrogen and oxygen atoms in total. The van der Waals surface area contributed by atoms with E-state index in [1.165, 1.54) is 19.2 Å². The van der Waals surface area contributed by atoms with E-state index in [4.69, 9.17) is 5.73 Å². The van der Waals surface area contributed by atoms with Crippen molar-refractivity contribution in [2.24, 2.45) is 5.92 Å². The van der Waals surface area contributed by atoms with Crippen LogP contribution >= 0.6 is 0 Å². The van der Waals surface area contributed by atoms with Crippen LogP contribution < -0.4 is 10.5 Å². The van der Waals surface area contributed by atoms with Gasteiger partial charge in [0.25, 0.3) is 0 Å². The highest BCUT2D eigenvalue weighted by Crippen LogP contribution is 2.26. The van der Waals surface area contributed by atoms with Crippen molar-refractivity contribution < 1.29 is 22.3 Å². The molecule has 0 radical (unpaired) electrons. The third-order valence-corrected chi connectivity index (χ3v) is 5.38. The van der Waals surface area contributed by atoms with Crippen molar-refractivity contribution in [3.63, 3.8) is 0 Å². The van der Waals surface area contributed by atoms with Gasteiger partial charge >= 0.3 is 5.97 Å². The number of hydrogen-bond donors (Lipinski definition) is 2. The van der Waals surface area contributed by atoms with E-state index < -0.39 is 15.8 Å². The summed E-state index contributed by atoms with van der Waals surface area (Å²) in [7, 11) is -2.46. The van der Waals surface area contributed by atoms with E-state index in [1.807, 2.05) is 0 Å². The zero-order chi connectivity index (χ0) is 16.3. The Morgan fingerprint density at radius 1 is 1.32 bits per heavy atom. The van der Waals surface area contributed by atoms with Gasteiger partial charge in [-0.3, -0.25) is 4.79 Å². The molecule has 0 heterocycles. The molecule has 1 aromatic rings. The van der Waals surface area contributed by atoms with Crippen molar-refractivity contribution in [1.82, 2.24) is 4.72 Å². The van der Waals surface area contributed by atoms with Gasteiger partial charge in [0.15, 0.2) is 0 Å². The fourth-order valence-corrected chi connectivity index (χ4v) is 3.89. The predicted molar refractivity (Wildman–Crippen MR) is 78.9 cm³/mol. The molecule has 22 heavy (non-hydrogen) atoms. The average molecular weight is 330 g/mol. The zero-order valence-electron chi connectivity index (χ0n) is 12.2. The Kier molecular flexibility index (Phi) is 5.02. The second kappa shape index (κ2) is 6.62. The van der Waals surface area contributed by atoms with Gasteiger partial charge in [-0.25, -0.2) is 17.5 Å². The monoisotopic (exact) mass is 330 g/mol. The molecule has 0 atom stereocenters. The molecule has 0 aliphatic heterocycles. The molecule has 1 fully saturated rings. The second-order valence-corrected chi connectivity index (χ2v) is 7.09. The minimum absolute atomic E-state index is 0.0995. The minimum Gasteiger partial charge on any atom is -0.469 e. The lowest BCUT2D eigenvalue weighted by Gasteiger charge is -2.27. The standard InChI is InChI=1S/C14H19FN2O4S/c1-21-14(18)9-2-4-10(5-3-9)17-22(19,20)11-6-7-13(16)12(15)8-11/h6-10,17H,2-5,16H2,1H3. The first-order valence-electron chi connectivity index (χ1n) is 6.98. The Hall–Kier alpha value is -1.67. The number of halogens is 1. The van der Waals surface area contributed by atoms with Crippen molar-refractivity contribution in [1.29, 1.82) is 0 Å². The summed E-state index contributed by atoms with van der Waals surface area (Å²) in [6.07, 6.45) is 2.21. The van der Waals surface area contributed by atoms with Crippen molar-refractivity contribution in [2.45, 2.75) is 36.6 Å². The van der Waals surface area contributed by atoms with E-state index in [9.17, 15) is 17.6 Å². The number of carbonyl (C=O) groups is 1. The summed E-state index contributed by atoms with van der Waals surface area (Å²) in [6.45, 7) is 0. The quantitative estimate of drug-likeness (QED) is 0.642. The molecule has 8 heteroatoms. The molecule has 3 N–H and O–H groups in total. The van der Waals surface area contributed by atoms with Crippen LogP contribution in [0.1, 0.15) is 25.7 Å². The van der Waals surface area contributed by atoms with Crippen LogP contribution in [-0.4, -0.2) is 27.5 Å². The van der Waals surface area contributed by atoms with Crippen LogP contribution in [0.15, 0.2) is 23.1 Å². The molecule has 1 saturated carbocycles. The van der Waals surface area contributed by atoms with Gasteiger partial charge in [-0.05, 0) is 43.9 Å². The molecule has 0 spiro atoms. The minimum atomic E-state index is -3.80. The van der Waals surface area contributed by atoms with Crippen LogP contribution in [0.2, 0.25) is 0 Å².